The molecule has 0 saturated carbocycles. The molecule has 0 atom stereocenters. The van der Waals surface area contributed by atoms with Crippen LogP contribution in [-0.2, 0) is 5.88 Å². The van der Waals surface area contributed by atoms with E-state index in [0.29, 0.717) is 11.6 Å². The fourth-order valence-corrected chi connectivity index (χ4v) is 1.46. The van der Waals surface area contributed by atoms with E-state index in [-0.39, 0.29) is 5.57 Å². The van der Waals surface area contributed by atoms with Crippen LogP contribution in [-0.4, -0.2) is 7.11 Å². The highest BCUT2D eigenvalue weighted by atomic mass is 35.5. The molecule has 0 bridgehead atoms. The molecule has 1 rings (SSSR count). The number of rotatable bonds is 3. The van der Waals surface area contributed by atoms with Gasteiger partial charge in [-0.05, 0) is 23.8 Å². The lowest BCUT2D eigenvalue weighted by molar-refractivity contribution is 0.411. The first-order chi connectivity index (χ1) is 7.74. The number of alkyl halides is 1. The van der Waals surface area contributed by atoms with Gasteiger partial charge in [0.1, 0.15) is 23.5 Å². The molecule has 0 heterocycles. The molecule has 4 heteroatoms. The summed E-state index contributed by atoms with van der Waals surface area (Å²) in [5, 5.41) is 17.2. The lowest BCUT2D eigenvalue weighted by atomic mass is 10.1. The monoisotopic (exact) mass is 232 g/mol. The summed E-state index contributed by atoms with van der Waals surface area (Å²) in [5.41, 5.74) is 1.65. The Bertz CT molecular complexity index is 479. The molecular weight excluding hydrogens is 224 g/mol. The normalized spacial score (nSPS) is 8.75. The van der Waals surface area contributed by atoms with E-state index in [1.165, 1.54) is 6.08 Å². The van der Waals surface area contributed by atoms with Gasteiger partial charge in [0.15, 0.2) is 0 Å². The quantitative estimate of drug-likeness (QED) is 0.595. The predicted octanol–water partition coefficient (Wildman–Crippen LogP) is 2.86. The first-order valence-corrected chi connectivity index (χ1v) is 5.03. The molecule has 0 unspecified atom stereocenters. The first-order valence-electron chi connectivity index (χ1n) is 4.50. The molecule has 0 amide bonds. The van der Waals surface area contributed by atoms with Gasteiger partial charge in [0.2, 0.25) is 0 Å². The van der Waals surface area contributed by atoms with E-state index in [1.54, 1.807) is 37.4 Å². The molecule has 0 spiro atoms. The SMILES string of the molecule is COc1ccc(C=C(C#N)C#N)cc1CCl. The van der Waals surface area contributed by atoms with Crippen molar-refractivity contribution in [2.75, 3.05) is 7.11 Å². The fraction of sp³-hybridized carbons (Fsp3) is 0.167. The number of halogens is 1. The van der Waals surface area contributed by atoms with Crippen LogP contribution in [0.5, 0.6) is 5.75 Å². The number of nitrogens with zero attached hydrogens (tertiary/aromatic N) is 2. The lowest BCUT2D eigenvalue weighted by Crippen LogP contribution is -1.90. The molecule has 0 aliphatic heterocycles. The van der Waals surface area contributed by atoms with Crippen LogP contribution in [0.2, 0.25) is 0 Å². The lowest BCUT2D eigenvalue weighted by Gasteiger charge is -2.06. The largest absolute Gasteiger partial charge is 0.496 e. The van der Waals surface area contributed by atoms with E-state index in [9.17, 15) is 0 Å². The number of hydrogen-bond acceptors (Lipinski definition) is 3. The summed E-state index contributed by atoms with van der Waals surface area (Å²) in [4.78, 5) is 0. The molecule has 0 saturated heterocycles. The van der Waals surface area contributed by atoms with Gasteiger partial charge in [-0.15, -0.1) is 11.6 Å². The number of methoxy groups -OCH3 is 1. The Morgan fingerprint density at radius 3 is 2.62 bits per heavy atom. The second kappa shape index (κ2) is 5.80. The summed E-state index contributed by atoms with van der Waals surface area (Å²) in [6.45, 7) is 0. The summed E-state index contributed by atoms with van der Waals surface area (Å²) in [7, 11) is 1.57. The van der Waals surface area contributed by atoms with Crippen molar-refractivity contribution in [1.82, 2.24) is 0 Å². The maximum absolute atomic E-state index is 8.62. The highest BCUT2D eigenvalue weighted by molar-refractivity contribution is 6.17. The van der Waals surface area contributed by atoms with Gasteiger partial charge in [-0.1, -0.05) is 6.07 Å². The Labute approximate surface area is 99.1 Å². The molecule has 0 fully saturated rings. The standard InChI is InChI=1S/C12H9ClN2O/c1-16-12-3-2-9(5-11(12)6-13)4-10(7-14)8-15/h2-5H,6H2,1H3. The summed E-state index contributed by atoms with van der Waals surface area (Å²) >= 11 is 5.76. The number of hydrogen-bond donors (Lipinski definition) is 0. The minimum Gasteiger partial charge on any atom is -0.496 e. The van der Waals surface area contributed by atoms with Crippen LogP contribution in [0.4, 0.5) is 0 Å². The Balaban J connectivity index is 3.15. The van der Waals surface area contributed by atoms with Crippen LogP contribution in [0, 0.1) is 22.7 Å². The zero-order chi connectivity index (χ0) is 12.0. The van der Waals surface area contributed by atoms with E-state index in [4.69, 9.17) is 26.9 Å². The van der Waals surface area contributed by atoms with Gasteiger partial charge in [0.05, 0.1) is 13.0 Å². The zero-order valence-corrected chi connectivity index (χ0v) is 9.45. The maximum Gasteiger partial charge on any atom is 0.130 e. The van der Waals surface area contributed by atoms with Crippen molar-refractivity contribution < 1.29 is 4.74 Å². The summed E-state index contributed by atoms with van der Waals surface area (Å²) in [6, 6.07) is 8.92. The third kappa shape index (κ3) is 2.76. The molecule has 16 heavy (non-hydrogen) atoms. The van der Waals surface area contributed by atoms with Crippen molar-refractivity contribution in [2.24, 2.45) is 0 Å². The highest BCUT2D eigenvalue weighted by Gasteiger charge is 2.02. The Morgan fingerprint density at radius 1 is 1.44 bits per heavy atom. The molecular formula is C12H9ClN2O. The zero-order valence-electron chi connectivity index (χ0n) is 8.70. The molecule has 0 radical (unpaired) electrons. The van der Waals surface area contributed by atoms with Crippen molar-refractivity contribution in [3.8, 4) is 17.9 Å². The van der Waals surface area contributed by atoms with Crippen LogP contribution in [0.25, 0.3) is 6.08 Å². The molecule has 80 valence electrons. The minimum absolute atomic E-state index is 0.0608. The Morgan fingerprint density at radius 2 is 2.12 bits per heavy atom. The molecule has 0 aliphatic carbocycles. The number of ether oxygens (including phenoxy) is 1. The van der Waals surface area contributed by atoms with E-state index < -0.39 is 0 Å². The molecule has 1 aromatic rings. The van der Waals surface area contributed by atoms with Crippen molar-refractivity contribution in [2.45, 2.75) is 5.88 Å². The van der Waals surface area contributed by atoms with E-state index in [1.807, 2.05) is 0 Å². The molecule has 0 aromatic heterocycles. The van der Waals surface area contributed by atoms with Crippen molar-refractivity contribution >= 4 is 17.7 Å². The second-order valence-corrected chi connectivity index (χ2v) is 3.25. The molecule has 0 aliphatic rings. The van der Waals surface area contributed by atoms with Crippen LogP contribution >= 0.6 is 11.6 Å². The van der Waals surface area contributed by atoms with Crippen molar-refractivity contribution in [1.29, 1.82) is 10.5 Å². The second-order valence-electron chi connectivity index (χ2n) is 2.99. The van der Waals surface area contributed by atoms with Gasteiger partial charge in [-0.2, -0.15) is 10.5 Å². The number of allylic oxidation sites excluding steroid dienone is 1. The van der Waals surface area contributed by atoms with Crippen LogP contribution < -0.4 is 4.74 Å². The minimum atomic E-state index is 0.0608. The third-order valence-electron chi connectivity index (χ3n) is 2.00. The van der Waals surface area contributed by atoms with Gasteiger partial charge in [0, 0.05) is 5.56 Å². The fourth-order valence-electron chi connectivity index (χ4n) is 1.25. The Kier molecular flexibility index (Phi) is 4.39. The van der Waals surface area contributed by atoms with Crippen LogP contribution in [0.3, 0.4) is 0 Å². The predicted molar refractivity (Wildman–Crippen MR) is 61.8 cm³/mol. The van der Waals surface area contributed by atoms with Gasteiger partial charge >= 0.3 is 0 Å². The number of benzene rings is 1. The average molecular weight is 233 g/mol. The van der Waals surface area contributed by atoms with Gasteiger partial charge in [0.25, 0.3) is 0 Å². The van der Waals surface area contributed by atoms with Crippen molar-refractivity contribution in [3.63, 3.8) is 0 Å². The number of nitriles is 2. The molecule has 3 nitrogen and oxygen atoms in total. The van der Waals surface area contributed by atoms with E-state index in [2.05, 4.69) is 0 Å². The van der Waals surface area contributed by atoms with Crippen LogP contribution in [0.15, 0.2) is 23.8 Å². The van der Waals surface area contributed by atoms with E-state index >= 15 is 0 Å². The summed E-state index contributed by atoms with van der Waals surface area (Å²) < 4.78 is 5.11. The van der Waals surface area contributed by atoms with Crippen LogP contribution in [0.1, 0.15) is 11.1 Å². The van der Waals surface area contributed by atoms with E-state index in [0.717, 1.165) is 11.1 Å². The summed E-state index contributed by atoms with van der Waals surface area (Å²) in [6.07, 6.45) is 1.51. The van der Waals surface area contributed by atoms with Crippen molar-refractivity contribution in [3.05, 3.63) is 34.9 Å². The average Bonchev–Trinajstić information content (AvgIpc) is 2.35. The van der Waals surface area contributed by atoms with Gasteiger partial charge in [-0.3, -0.25) is 0 Å². The molecule has 1 aromatic carbocycles. The topological polar surface area (TPSA) is 56.8 Å². The smallest absolute Gasteiger partial charge is 0.130 e. The maximum atomic E-state index is 8.62. The van der Waals surface area contributed by atoms with Gasteiger partial charge < -0.3 is 4.74 Å². The first kappa shape index (κ1) is 12.1. The molecule has 0 N–H and O–H groups in total. The highest BCUT2D eigenvalue weighted by Crippen LogP contribution is 2.22. The third-order valence-corrected chi connectivity index (χ3v) is 2.29. The van der Waals surface area contributed by atoms with Gasteiger partial charge in [-0.25, -0.2) is 0 Å². The Hall–Kier alpha value is -1.97. The summed E-state index contributed by atoms with van der Waals surface area (Å²) in [5.74, 6) is 1.02.